The van der Waals surface area contributed by atoms with E-state index in [4.69, 9.17) is 9.84 Å². The Kier molecular flexibility index (Phi) is 5.99. The number of aliphatic hydroxyl groups excluding tert-OH is 2. The largest absolute Gasteiger partial charge is 0.394 e. The molecule has 3 N–H and O–H groups in total. The molecule has 130 valence electrons. The van der Waals surface area contributed by atoms with E-state index in [9.17, 15) is 13.5 Å². The third kappa shape index (κ3) is 4.65. The fourth-order valence-electron chi connectivity index (χ4n) is 2.52. The van der Waals surface area contributed by atoms with Gasteiger partial charge in [0.25, 0.3) is 0 Å². The lowest BCUT2D eigenvalue weighted by Crippen LogP contribution is -2.48. The molecule has 0 amide bonds. The minimum atomic E-state index is -3.54. The summed E-state index contributed by atoms with van der Waals surface area (Å²) in [6, 6.07) is 6.36. The first-order chi connectivity index (χ1) is 10.8. The highest BCUT2D eigenvalue weighted by Crippen LogP contribution is 2.22. The van der Waals surface area contributed by atoms with E-state index >= 15 is 0 Å². The molecular formula is C15H24N2O5S. The fourth-order valence-corrected chi connectivity index (χ4v) is 4.11. The summed E-state index contributed by atoms with van der Waals surface area (Å²) in [5.74, 6) is 0. The smallest absolute Gasteiger partial charge is 0.243 e. The van der Waals surface area contributed by atoms with Gasteiger partial charge in [-0.2, -0.15) is 4.31 Å². The SMILES string of the molecule is CC1CN(S(=O)(=O)c2ccc(NCC(O)CO)cc2)CC(C)O1. The summed E-state index contributed by atoms with van der Waals surface area (Å²) in [4.78, 5) is 0.229. The highest BCUT2D eigenvalue weighted by atomic mass is 32.2. The molecule has 2 rings (SSSR count). The summed E-state index contributed by atoms with van der Waals surface area (Å²) in [5.41, 5.74) is 0.681. The number of benzene rings is 1. The number of hydrogen-bond donors (Lipinski definition) is 3. The molecule has 1 heterocycles. The van der Waals surface area contributed by atoms with Gasteiger partial charge in [-0.15, -0.1) is 0 Å². The van der Waals surface area contributed by atoms with Crippen molar-refractivity contribution in [3.05, 3.63) is 24.3 Å². The van der Waals surface area contributed by atoms with Crippen LogP contribution in [-0.4, -0.2) is 67.5 Å². The Balaban J connectivity index is 2.08. The Labute approximate surface area is 136 Å². The predicted molar refractivity (Wildman–Crippen MR) is 86.8 cm³/mol. The number of nitrogens with zero attached hydrogens (tertiary/aromatic N) is 1. The Morgan fingerprint density at radius 2 is 1.83 bits per heavy atom. The molecule has 0 radical (unpaired) electrons. The molecule has 0 aliphatic carbocycles. The molecule has 0 saturated carbocycles. The second kappa shape index (κ2) is 7.59. The monoisotopic (exact) mass is 344 g/mol. The summed E-state index contributed by atoms with van der Waals surface area (Å²) >= 11 is 0. The van der Waals surface area contributed by atoms with Crippen LogP contribution in [0.1, 0.15) is 13.8 Å². The van der Waals surface area contributed by atoms with E-state index < -0.39 is 16.1 Å². The second-order valence-electron chi connectivity index (χ2n) is 5.82. The Morgan fingerprint density at radius 1 is 1.26 bits per heavy atom. The average molecular weight is 344 g/mol. The number of aliphatic hydroxyl groups is 2. The van der Waals surface area contributed by atoms with Crippen molar-refractivity contribution >= 4 is 15.7 Å². The standard InChI is InChI=1S/C15H24N2O5S/c1-11-8-17(9-12(2)22-11)23(20,21)15-5-3-13(4-6-15)16-7-14(19)10-18/h3-6,11-12,14,16,18-19H,7-10H2,1-2H3. The topological polar surface area (TPSA) is 99.1 Å². The van der Waals surface area contributed by atoms with E-state index in [1.807, 2.05) is 13.8 Å². The van der Waals surface area contributed by atoms with Gasteiger partial charge in [0, 0.05) is 25.3 Å². The maximum atomic E-state index is 12.7. The van der Waals surface area contributed by atoms with Crippen LogP contribution in [-0.2, 0) is 14.8 Å². The van der Waals surface area contributed by atoms with Crippen molar-refractivity contribution in [1.82, 2.24) is 4.31 Å². The van der Waals surface area contributed by atoms with Crippen molar-refractivity contribution in [2.75, 3.05) is 31.6 Å². The molecule has 1 fully saturated rings. The number of rotatable bonds is 6. The molecule has 8 heteroatoms. The first kappa shape index (κ1) is 18.2. The minimum absolute atomic E-state index is 0.130. The lowest BCUT2D eigenvalue weighted by Gasteiger charge is -2.34. The van der Waals surface area contributed by atoms with Crippen LogP contribution < -0.4 is 5.32 Å². The van der Waals surface area contributed by atoms with Gasteiger partial charge in [-0.25, -0.2) is 8.42 Å². The zero-order valence-electron chi connectivity index (χ0n) is 13.3. The minimum Gasteiger partial charge on any atom is -0.394 e. The molecule has 23 heavy (non-hydrogen) atoms. The van der Waals surface area contributed by atoms with Gasteiger partial charge in [-0.3, -0.25) is 0 Å². The van der Waals surface area contributed by atoms with E-state index in [1.54, 1.807) is 12.1 Å². The van der Waals surface area contributed by atoms with Crippen LogP contribution in [0.2, 0.25) is 0 Å². The van der Waals surface area contributed by atoms with Gasteiger partial charge in [0.2, 0.25) is 10.0 Å². The zero-order chi connectivity index (χ0) is 17.0. The van der Waals surface area contributed by atoms with Crippen molar-refractivity contribution in [2.45, 2.75) is 37.1 Å². The van der Waals surface area contributed by atoms with Crippen LogP contribution in [0.25, 0.3) is 0 Å². The summed E-state index contributed by atoms with van der Waals surface area (Å²) < 4.78 is 32.4. The summed E-state index contributed by atoms with van der Waals surface area (Å²) in [7, 11) is -3.54. The molecular weight excluding hydrogens is 320 g/mol. The van der Waals surface area contributed by atoms with Crippen LogP contribution in [0.4, 0.5) is 5.69 Å². The van der Waals surface area contributed by atoms with Gasteiger partial charge in [-0.1, -0.05) is 0 Å². The maximum Gasteiger partial charge on any atom is 0.243 e. The fraction of sp³-hybridized carbons (Fsp3) is 0.600. The van der Waals surface area contributed by atoms with Gasteiger partial charge < -0.3 is 20.3 Å². The number of nitrogens with one attached hydrogen (secondary N) is 1. The summed E-state index contributed by atoms with van der Waals surface area (Å²) in [5, 5.41) is 21.0. The normalized spacial score (nSPS) is 24.3. The van der Waals surface area contributed by atoms with Crippen molar-refractivity contribution in [1.29, 1.82) is 0 Å². The molecule has 1 aromatic carbocycles. The summed E-state index contributed by atoms with van der Waals surface area (Å²) in [6.45, 7) is 4.27. The number of morpholine rings is 1. The first-order valence-corrected chi connectivity index (χ1v) is 9.05. The van der Waals surface area contributed by atoms with E-state index in [2.05, 4.69) is 5.32 Å². The third-order valence-corrected chi connectivity index (χ3v) is 5.48. The molecule has 3 unspecified atom stereocenters. The van der Waals surface area contributed by atoms with Crippen LogP contribution >= 0.6 is 0 Å². The number of anilines is 1. The molecule has 1 aliphatic rings. The number of ether oxygens (including phenoxy) is 1. The quantitative estimate of drug-likeness (QED) is 0.684. The van der Waals surface area contributed by atoms with Gasteiger partial charge in [0.05, 0.1) is 29.8 Å². The molecule has 1 saturated heterocycles. The highest BCUT2D eigenvalue weighted by molar-refractivity contribution is 7.89. The molecule has 7 nitrogen and oxygen atoms in total. The van der Waals surface area contributed by atoms with Crippen molar-refractivity contribution in [3.63, 3.8) is 0 Å². The molecule has 1 aromatic rings. The molecule has 1 aliphatic heterocycles. The van der Waals surface area contributed by atoms with Crippen LogP contribution in [0, 0.1) is 0 Å². The molecule has 0 aromatic heterocycles. The van der Waals surface area contributed by atoms with Gasteiger partial charge in [0.1, 0.15) is 0 Å². The second-order valence-corrected chi connectivity index (χ2v) is 7.76. The van der Waals surface area contributed by atoms with Gasteiger partial charge >= 0.3 is 0 Å². The van der Waals surface area contributed by atoms with Crippen molar-refractivity contribution in [2.24, 2.45) is 0 Å². The molecule has 3 atom stereocenters. The third-order valence-electron chi connectivity index (χ3n) is 3.63. The number of sulfonamides is 1. The number of hydrogen-bond acceptors (Lipinski definition) is 6. The predicted octanol–water partition coefficient (Wildman–Crippen LogP) is 0.250. The van der Waals surface area contributed by atoms with E-state index in [-0.39, 0.29) is 30.3 Å². The van der Waals surface area contributed by atoms with E-state index in [0.717, 1.165) is 0 Å². The van der Waals surface area contributed by atoms with Gasteiger partial charge in [0.15, 0.2) is 0 Å². The average Bonchev–Trinajstić information content (AvgIpc) is 2.52. The highest BCUT2D eigenvalue weighted by Gasteiger charge is 2.32. The van der Waals surface area contributed by atoms with Crippen LogP contribution in [0.5, 0.6) is 0 Å². The van der Waals surface area contributed by atoms with Crippen LogP contribution in [0.15, 0.2) is 29.2 Å². The Morgan fingerprint density at radius 3 is 2.35 bits per heavy atom. The Bertz CT molecular complexity index is 595. The van der Waals surface area contributed by atoms with Gasteiger partial charge in [-0.05, 0) is 38.1 Å². The lowest BCUT2D eigenvalue weighted by atomic mass is 10.3. The maximum absolute atomic E-state index is 12.7. The zero-order valence-corrected chi connectivity index (χ0v) is 14.2. The lowest BCUT2D eigenvalue weighted by molar-refractivity contribution is -0.0440. The van der Waals surface area contributed by atoms with Crippen LogP contribution in [0.3, 0.4) is 0 Å². The Hall–Kier alpha value is -1.19. The first-order valence-electron chi connectivity index (χ1n) is 7.61. The summed E-state index contributed by atoms with van der Waals surface area (Å²) in [6.07, 6.45) is -1.11. The van der Waals surface area contributed by atoms with E-state index in [0.29, 0.717) is 18.8 Å². The molecule has 0 bridgehead atoms. The van der Waals surface area contributed by atoms with Crippen molar-refractivity contribution < 1.29 is 23.4 Å². The molecule has 0 spiro atoms. The van der Waals surface area contributed by atoms with E-state index in [1.165, 1.54) is 16.4 Å². The van der Waals surface area contributed by atoms with Crippen molar-refractivity contribution in [3.8, 4) is 0 Å².